The van der Waals surface area contributed by atoms with Crippen molar-refractivity contribution in [2.24, 2.45) is 0 Å². The highest BCUT2D eigenvalue weighted by molar-refractivity contribution is 5.32. The van der Waals surface area contributed by atoms with Crippen LogP contribution >= 0.6 is 0 Å². The van der Waals surface area contributed by atoms with Gasteiger partial charge in [-0.25, -0.2) is 0 Å². The van der Waals surface area contributed by atoms with Gasteiger partial charge in [0, 0.05) is 31.7 Å². The summed E-state index contributed by atoms with van der Waals surface area (Å²) in [6.45, 7) is 11.0. The summed E-state index contributed by atoms with van der Waals surface area (Å²) in [5.74, 6) is 0. The number of aryl methyl sites for hydroxylation is 2. The molecule has 112 valence electrons. The summed E-state index contributed by atoms with van der Waals surface area (Å²) in [6.07, 6.45) is 0. The molecule has 1 fully saturated rings. The summed E-state index contributed by atoms with van der Waals surface area (Å²) in [6, 6.07) is 7.84. The molecular weight excluding hydrogens is 246 g/mol. The summed E-state index contributed by atoms with van der Waals surface area (Å²) in [7, 11) is 4.48. The van der Waals surface area contributed by atoms with Crippen LogP contribution in [0.25, 0.3) is 0 Å². The van der Waals surface area contributed by atoms with Gasteiger partial charge in [0.05, 0.1) is 0 Å². The second-order valence-electron chi connectivity index (χ2n) is 6.19. The Hall–Kier alpha value is -0.900. The van der Waals surface area contributed by atoms with Gasteiger partial charge >= 0.3 is 0 Å². The lowest BCUT2D eigenvalue weighted by atomic mass is 9.93. The third-order valence-corrected chi connectivity index (χ3v) is 4.60. The van der Waals surface area contributed by atoms with E-state index in [1.165, 1.54) is 23.2 Å². The number of hydrogen-bond acceptors (Lipinski definition) is 3. The van der Waals surface area contributed by atoms with Crippen LogP contribution in [0.5, 0.6) is 0 Å². The number of nitrogens with zero attached hydrogens (tertiary/aromatic N) is 2. The lowest BCUT2D eigenvalue weighted by Gasteiger charge is -2.42. The number of nitrogens with one attached hydrogen (secondary N) is 1. The summed E-state index contributed by atoms with van der Waals surface area (Å²) in [4.78, 5) is 4.94. The highest BCUT2D eigenvalue weighted by atomic mass is 15.3. The van der Waals surface area contributed by atoms with E-state index in [2.05, 4.69) is 68.2 Å². The van der Waals surface area contributed by atoms with E-state index in [1.54, 1.807) is 0 Å². The number of rotatable bonds is 4. The molecule has 0 bridgehead atoms. The van der Waals surface area contributed by atoms with Gasteiger partial charge in [-0.05, 0) is 51.2 Å². The number of likely N-dealkylation sites (N-methyl/N-ethyl adjacent to an activating group) is 3. The van der Waals surface area contributed by atoms with Crippen molar-refractivity contribution in [2.75, 3.05) is 40.3 Å². The summed E-state index contributed by atoms with van der Waals surface area (Å²) in [5.41, 5.74) is 4.18. The lowest BCUT2D eigenvalue weighted by Crippen LogP contribution is -2.55. The Balaban J connectivity index is 2.27. The van der Waals surface area contributed by atoms with E-state index in [4.69, 9.17) is 0 Å². The molecule has 0 radical (unpaired) electrons. The Morgan fingerprint density at radius 2 is 1.95 bits per heavy atom. The van der Waals surface area contributed by atoms with E-state index in [0.717, 1.165) is 19.6 Å². The minimum Gasteiger partial charge on any atom is -0.309 e. The van der Waals surface area contributed by atoms with E-state index >= 15 is 0 Å². The first-order chi connectivity index (χ1) is 9.52. The van der Waals surface area contributed by atoms with Crippen LogP contribution in [-0.4, -0.2) is 56.1 Å². The molecule has 2 rings (SSSR count). The molecule has 0 aliphatic carbocycles. The highest BCUT2D eigenvalue weighted by Crippen LogP contribution is 2.25. The largest absolute Gasteiger partial charge is 0.309 e. The van der Waals surface area contributed by atoms with Gasteiger partial charge in [0.1, 0.15) is 0 Å². The van der Waals surface area contributed by atoms with Gasteiger partial charge in [-0.15, -0.1) is 0 Å². The van der Waals surface area contributed by atoms with E-state index in [9.17, 15) is 0 Å². The van der Waals surface area contributed by atoms with Gasteiger partial charge in [0.25, 0.3) is 0 Å². The van der Waals surface area contributed by atoms with Crippen LogP contribution in [0.4, 0.5) is 0 Å². The van der Waals surface area contributed by atoms with E-state index in [-0.39, 0.29) is 0 Å². The fraction of sp³-hybridized carbons (Fsp3) is 0.647. The molecule has 1 N–H and O–H groups in total. The van der Waals surface area contributed by atoms with E-state index in [0.29, 0.717) is 12.1 Å². The molecule has 1 saturated heterocycles. The molecule has 3 nitrogen and oxygen atoms in total. The average molecular weight is 275 g/mol. The van der Waals surface area contributed by atoms with Crippen molar-refractivity contribution < 1.29 is 0 Å². The molecule has 0 amide bonds. The predicted molar refractivity (Wildman–Crippen MR) is 86.2 cm³/mol. The van der Waals surface area contributed by atoms with Gasteiger partial charge < -0.3 is 10.2 Å². The van der Waals surface area contributed by atoms with E-state index in [1.807, 2.05) is 0 Å². The topological polar surface area (TPSA) is 18.5 Å². The molecule has 1 aliphatic rings. The lowest BCUT2D eigenvalue weighted by molar-refractivity contribution is 0.0880. The molecule has 0 spiro atoms. The van der Waals surface area contributed by atoms with Crippen LogP contribution in [0, 0.1) is 13.8 Å². The zero-order chi connectivity index (χ0) is 14.7. The standard InChI is InChI=1S/C17H29N3/c1-6-18-17(15-8-7-13(2)14(3)11-15)16-12-19(4)9-10-20(16)5/h7-8,11,16-18H,6,9-10,12H2,1-5H3. The number of piperazine rings is 1. The van der Waals surface area contributed by atoms with Gasteiger partial charge in [-0.2, -0.15) is 0 Å². The second kappa shape index (κ2) is 6.70. The first-order valence-electron chi connectivity index (χ1n) is 7.72. The maximum absolute atomic E-state index is 3.70. The Labute approximate surface area is 124 Å². The Morgan fingerprint density at radius 3 is 2.60 bits per heavy atom. The van der Waals surface area contributed by atoms with Crippen LogP contribution in [-0.2, 0) is 0 Å². The summed E-state index contributed by atoms with van der Waals surface area (Å²) >= 11 is 0. The van der Waals surface area contributed by atoms with Gasteiger partial charge in [0.2, 0.25) is 0 Å². The molecular formula is C17H29N3. The van der Waals surface area contributed by atoms with Crippen LogP contribution < -0.4 is 5.32 Å². The highest BCUT2D eigenvalue weighted by Gasteiger charge is 2.30. The second-order valence-corrected chi connectivity index (χ2v) is 6.19. The first-order valence-corrected chi connectivity index (χ1v) is 7.72. The number of hydrogen-bond donors (Lipinski definition) is 1. The maximum atomic E-state index is 3.70. The average Bonchev–Trinajstić information content (AvgIpc) is 2.42. The van der Waals surface area contributed by atoms with Crippen LogP contribution in [0.3, 0.4) is 0 Å². The van der Waals surface area contributed by atoms with Crippen LogP contribution in [0.1, 0.15) is 29.7 Å². The smallest absolute Gasteiger partial charge is 0.0490 e. The molecule has 20 heavy (non-hydrogen) atoms. The summed E-state index contributed by atoms with van der Waals surface area (Å²) in [5, 5.41) is 3.70. The van der Waals surface area contributed by atoms with Crippen molar-refractivity contribution >= 4 is 0 Å². The molecule has 1 aliphatic heterocycles. The first kappa shape index (κ1) is 15.5. The van der Waals surface area contributed by atoms with Crippen molar-refractivity contribution in [2.45, 2.75) is 32.9 Å². The monoisotopic (exact) mass is 275 g/mol. The zero-order valence-electron chi connectivity index (χ0n) is 13.6. The van der Waals surface area contributed by atoms with Crippen molar-refractivity contribution in [3.63, 3.8) is 0 Å². The Bertz CT molecular complexity index is 444. The van der Waals surface area contributed by atoms with Crippen LogP contribution in [0.15, 0.2) is 18.2 Å². The van der Waals surface area contributed by atoms with Gasteiger partial charge in [-0.3, -0.25) is 4.90 Å². The fourth-order valence-electron chi connectivity index (χ4n) is 3.06. The third kappa shape index (κ3) is 3.40. The molecule has 1 aromatic rings. The molecule has 2 unspecified atom stereocenters. The normalized spacial score (nSPS) is 22.9. The summed E-state index contributed by atoms with van der Waals surface area (Å²) < 4.78 is 0. The van der Waals surface area contributed by atoms with Crippen molar-refractivity contribution in [1.29, 1.82) is 0 Å². The van der Waals surface area contributed by atoms with E-state index < -0.39 is 0 Å². The molecule has 0 saturated carbocycles. The molecule has 1 heterocycles. The van der Waals surface area contributed by atoms with Gasteiger partial charge in [-0.1, -0.05) is 25.1 Å². The zero-order valence-corrected chi connectivity index (χ0v) is 13.6. The molecule has 1 aromatic carbocycles. The predicted octanol–water partition coefficient (Wildman–Crippen LogP) is 2.20. The fourth-order valence-corrected chi connectivity index (χ4v) is 3.06. The third-order valence-electron chi connectivity index (χ3n) is 4.60. The van der Waals surface area contributed by atoms with Crippen molar-refractivity contribution in [1.82, 2.24) is 15.1 Å². The van der Waals surface area contributed by atoms with Crippen LogP contribution in [0.2, 0.25) is 0 Å². The molecule has 3 heteroatoms. The van der Waals surface area contributed by atoms with Gasteiger partial charge in [0.15, 0.2) is 0 Å². The van der Waals surface area contributed by atoms with Crippen molar-refractivity contribution in [3.8, 4) is 0 Å². The molecule has 0 aromatic heterocycles. The Morgan fingerprint density at radius 1 is 1.20 bits per heavy atom. The minimum absolute atomic E-state index is 0.409. The molecule has 2 atom stereocenters. The van der Waals surface area contributed by atoms with Crippen molar-refractivity contribution in [3.05, 3.63) is 34.9 Å². The SMILES string of the molecule is CCNC(c1ccc(C)c(C)c1)C1CN(C)CCN1C. The Kier molecular flexibility index (Phi) is 5.19. The minimum atomic E-state index is 0.409. The number of benzene rings is 1. The quantitative estimate of drug-likeness (QED) is 0.909. The maximum Gasteiger partial charge on any atom is 0.0490 e.